The van der Waals surface area contributed by atoms with Crippen molar-refractivity contribution in [2.24, 2.45) is 5.92 Å². The van der Waals surface area contributed by atoms with Crippen molar-refractivity contribution in [2.75, 3.05) is 19.6 Å². The molecule has 0 radical (unpaired) electrons. The van der Waals surface area contributed by atoms with E-state index in [1.54, 1.807) is 0 Å². The van der Waals surface area contributed by atoms with Crippen LogP contribution in [0, 0.1) is 5.92 Å². The quantitative estimate of drug-likeness (QED) is 0.784. The summed E-state index contributed by atoms with van der Waals surface area (Å²) in [5.74, 6) is 0.913. The molecule has 1 N–H and O–H groups in total. The molecular formula is C18H36N2. The summed E-state index contributed by atoms with van der Waals surface area (Å²) in [5.41, 5.74) is 0.466. The minimum Gasteiger partial charge on any atom is -0.308 e. The minimum atomic E-state index is 0.466. The average molecular weight is 280 g/mol. The Hall–Kier alpha value is -0.0800. The summed E-state index contributed by atoms with van der Waals surface area (Å²) in [7, 11) is 0. The highest BCUT2D eigenvalue weighted by atomic mass is 15.2. The molecule has 2 fully saturated rings. The monoisotopic (exact) mass is 280 g/mol. The first-order valence-electron chi connectivity index (χ1n) is 9.18. The van der Waals surface area contributed by atoms with Crippen LogP contribution in [0.15, 0.2) is 0 Å². The van der Waals surface area contributed by atoms with Gasteiger partial charge in [-0.2, -0.15) is 0 Å². The lowest BCUT2D eigenvalue weighted by Gasteiger charge is -2.49. The number of rotatable bonds is 6. The first kappa shape index (κ1) is 16.3. The number of hydrogen-bond donors (Lipinski definition) is 1. The van der Waals surface area contributed by atoms with Gasteiger partial charge in [-0.05, 0) is 32.1 Å². The molecule has 2 nitrogen and oxygen atoms in total. The summed E-state index contributed by atoms with van der Waals surface area (Å²) in [4.78, 5) is 2.81. The van der Waals surface area contributed by atoms with Crippen molar-refractivity contribution >= 4 is 0 Å². The number of nitrogens with one attached hydrogen (secondary N) is 1. The van der Waals surface area contributed by atoms with Crippen LogP contribution in [0.5, 0.6) is 0 Å². The molecule has 2 atom stereocenters. The number of hydrogen-bond acceptors (Lipinski definition) is 2. The number of unbranched alkanes of at least 4 members (excludes halogenated alkanes) is 1. The Morgan fingerprint density at radius 2 is 1.95 bits per heavy atom. The number of nitrogens with zero attached hydrogens (tertiary/aromatic N) is 1. The normalized spacial score (nSPS) is 28.6. The summed E-state index contributed by atoms with van der Waals surface area (Å²) in [6.45, 7) is 10.9. The maximum atomic E-state index is 3.91. The highest BCUT2D eigenvalue weighted by Gasteiger charge is 2.38. The Morgan fingerprint density at radius 1 is 1.20 bits per heavy atom. The van der Waals surface area contributed by atoms with Gasteiger partial charge >= 0.3 is 0 Å². The molecule has 2 rings (SSSR count). The van der Waals surface area contributed by atoms with E-state index in [0.717, 1.165) is 12.0 Å². The third kappa shape index (κ3) is 4.21. The highest BCUT2D eigenvalue weighted by molar-refractivity contribution is 4.99. The molecule has 1 spiro atoms. The van der Waals surface area contributed by atoms with Crippen LogP contribution in [0.25, 0.3) is 0 Å². The molecule has 0 aromatic heterocycles. The van der Waals surface area contributed by atoms with Gasteiger partial charge in [0.15, 0.2) is 0 Å². The van der Waals surface area contributed by atoms with Crippen LogP contribution >= 0.6 is 0 Å². The summed E-state index contributed by atoms with van der Waals surface area (Å²) in [6.07, 6.45) is 12.7. The van der Waals surface area contributed by atoms with Crippen LogP contribution in [-0.2, 0) is 0 Å². The third-order valence-corrected chi connectivity index (χ3v) is 5.75. The smallest absolute Gasteiger partial charge is 0.0309 e. The van der Waals surface area contributed by atoms with Crippen LogP contribution < -0.4 is 5.32 Å². The van der Waals surface area contributed by atoms with Crippen LogP contribution in [-0.4, -0.2) is 36.1 Å². The molecule has 0 bridgehead atoms. The molecular weight excluding hydrogens is 244 g/mol. The van der Waals surface area contributed by atoms with Gasteiger partial charge in [-0.3, -0.25) is 4.90 Å². The summed E-state index contributed by atoms with van der Waals surface area (Å²) in [5, 5.41) is 3.91. The summed E-state index contributed by atoms with van der Waals surface area (Å²) >= 11 is 0. The Kier molecular flexibility index (Phi) is 6.35. The molecule has 1 heterocycles. The first-order valence-corrected chi connectivity index (χ1v) is 9.18. The van der Waals surface area contributed by atoms with Crippen molar-refractivity contribution in [3.63, 3.8) is 0 Å². The molecule has 2 unspecified atom stereocenters. The maximum Gasteiger partial charge on any atom is 0.0309 e. The van der Waals surface area contributed by atoms with Gasteiger partial charge in [-0.1, -0.05) is 52.4 Å². The van der Waals surface area contributed by atoms with Crippen LogP contribution in [0.2, 0.25) is 0 Å². The molecule has 0 amide bonds. The van der Waals surface area contributed by atoms with E-state index in [1.165, 1.54) is 77.4 Å². The second-order valence-corrected chi connectivity index (χ2v) is 7.42. The van der Waals surface area contributed by atoms with E-state index >= 15 is 0 Å². The molecule has 0 aromatic rings. The number of piperazine rings is 1. The zero-order valence-corrected chi connectivity index (χ0v) is 14.1. The van der Waals surface area contributed by atoms with Gasteiger partial charge < -0.3 is 5.32 Å². The molecule has 118 valence electrons. The molecule has 2 heteroatoms. The average Bonchev–Trinajstić information content (AvgIpc) is 2.48. The fraction of sp³-hybridized carbons (Fsp3) is 1.00. The van der Waals surface area contributed by atoms with E-state index in [9.17, 15) is 0 Å². The molecule has 0 aromatic carbocycles. The van der Waals surface area contributed by atoms with Gasteiger partial charge in [0.2, 0.25) is 0 Å². The van der Waals surface area contributed by atoms with Crippen molar-refractivity contribution in [2.45, 2.75) is 90.1 Å². The van der Waals surface area contributed by atoms with Crippen LogP contribution in [0.4, 0.5) is 0 Å². The standard InChI is InChI=1S/C18H36N2/c1-4-6-10-17(5-2)14-20-15-18(19-13-16(20)3)11-8-7-9-12-18/h16-17,19H,4-15H2,1-3H3. The van der Waals surface area contributed by atoms with Gasteiger partial charge in [-0.15, -0.1) is 0 Å². The lowest BCUT2D eigenvalue weighted by Crippen LogP contribution is -2.64. The molecule has 2 aliphatic rings. The van der Waals surface area contributed by atoms with Crippen LogP contribution in [0.3, 0.4) is 0 Å². The van der Waals surface area contributed by atoms with Gasteiger partial charge in [0.05, 0.1) is 0 Å². The molecule has 1 saturated heterocycles. The predicted molar refractivity (Wildman–Crippen MR) is 88.2 cm³/mol. The van der Waals surface area contributed by atoms with E-state index in [0.29, 0.717) is 5.54 Å². The fourth-order valence-electron chi connectivity index (χ4n) is 4.15. The van der Waals surface area contributed by atoms with Crippen molar-refractivity contribution in [1.82, 2.24) is 10.2 Å². The molecule has 1 saturated carbocycles. The van der Waals surface area contributed by atoms with E-state index in [2.05, 4.69) is 31.0 Å². The van der Waals surface area contributed by atoms with Gasteiger partial charge in [0.1, 0.15) is 0 Å². The second-order valence-electron chi connectivity index (χ2n) is 7.42. The fourth-order valence-corrected chi connectivity index (χ4v) is 4.15. The second kappa shape index (κ2) is 7.79. The molecule has 20 heavy (non-hydrogen) atoms. The zero-order chi connectivity index (χ0) is 14.4. The highest BCUT2D eigenvalue weighted by Crippen LogP contribution is 2.32. The van der Waals surface area contributed by atoms with Crippen molar-refractivity contribution < 1.29 is 0 Å². The van der Waals surface area contributed by atoms with Crippen molar-refractivity contribution in [3.05, 3.63) is 0 Å². The Balaban J connectivity index is 1.90. The minimum absolute atomic E-state index is 0.466. The van der Waals surface area contributed by atoms with E-state index in [-0.39, 0.29) is 0 Å². The third-order valence-electron chi connectivity index (χ3n) is 5.75. The molecule has 1 aliphatic heterocycles. The SMILES string of the molecule is CCCCC(CC)CN1CC2(CCCCC2)NCC1C. The summed E-state index contributed by atoms with van der Waals surface area (Å²) < 4.78 is 0. The van der Waals surface area contributed by atoms with Crippen molar-refractivity contribution in [1.29, 1.82) is 0 Å². The van der Waals surface area contributed by atoms with E-state index in [4.69, 9.17) is 0 Å². The lowest BCUT2D eigenvalue weighted by atomic mass is 9.79. The van der Waals surface area contributed by atoms with E-state index in [1.807, 2.05) is 0 Å². The van der Waals surface area contributed by atoms with Gasteiger partial charge in [-0.25, -0.2) is 0 Å². The largest absolute Gasteiger partial charge is 0.308 e. The first-order chi connectivity index (χ1) is 9.69. The van der Waals surface area contributed by atoms with E-state index < -0.39 is 0 Å². The van der Waals surface area contributed by atoms with Crippen molar-refractivity contribution in [3.8, 4) is 0 Å². The Labute approximate surface area is 126 Å². The van der Waals surface area contributed by atoms with Gasteiger partial charge in [0.25, 0.3) is 0 Å². The zero-order valence-electron chi connectivity index (χ0n) is 14.1. The summed E-state index contributed by atoms with van der Waals surface area (Å²) in [6, 6.07) is 0.721. The predicted octanol–water partition coefficient (Wildman–Crippen LogP) is 4.20. The lowest BCUT2D eigenvalue weighted by molar-refractivity contribution is 0.0493. The van der Waals surface area contributed by atoms with Crippen LogP contribution in [0.1, 0.15) is 78.6 Å². The Bertz CT molecular complexity index is 271. The Morgan fingerprint density at radius 3 is 2.60 bits per heavy atom. The molecule has 1 aliphatic carbocycles. The van der Waals surface area contributed by atoms with Gasteiger partial charge in [0, 0.05) is 31.2 Å². The maximum absolute atomic E-state index is 3.91. The topological polar surface area (TPSA) is 15.3 Å².